The number of amides is 1. The molecular weight excluding hydrogens is 459 g/mol. The Labute approximate surface area is 190 Å². The first-order valence-electron chi connectivity index (χ1n) is 9.64. The highest BCUT2D eigenvalue weighted by molar-refractivity contribution is 6.31. The molecule has 33 heavy (non-hydrogen) atoms. The number of hydrogen-bond acceptors (Lipinski definition) is 4. The summed E-state index contributed by atoms with van der Waals surface area (Å²) in [5.41, 5.74) is -0.674. The minimum Gasteiger partial charge on any atom is -0.476 e. The fourth-order valence-electron chi connectivity index (χ4n) is 3.17. The van der Waals surface area contributed by atoms with Crippen molar-refractivity contribution in [2.75, 3.05) is 11.9 Å². The van der Waals surface area contributed by atoms with Crippen LogP contribution >= 0.6 is 11.6 Å². The van der Waals surface area contributed by atoms with E-state index in [9.17, 15) is 22.8 Å². The number of nitrogens with one attached hydrogen (secondary N) is 1. The first kappa shape index (κ1) is 22.4. The SMILES string of the molecule is O=C(COc1c(-c2ccccc2)oc2ccc(Cl)cc2c1=O)Nc1cccc(C(F)(F)F)c1. The maximum absolute atomic E-state index is 13.1. The van der Waals surface area contributed by atoms with E-state index in [2.05, 4.69) is 5.32 Å². The summed E-state index contributed by atoms with van der Waals surface area (Å²) in [5, 5.41) is 2.81. The van der Waals surface area contributed by atoms with Gasteiger partial charge in [0.1, 0.15) is 5.58 Å². The van der Waals surface area contributed by atoms with Crippen molar-refractivity contribution < 1.29 is 27.1 Å². The first-order valence-corrected chi connectivity index (χ1v) is 10.0. The molecule has 0 radical (unpaired) electrons. The van der Waals surface area contributed by atoms with Crippen LogP contribution in [-0.2, 0) is 11.0 Å². The van der Waals surface area contributed by atoms with Crippen LogP contribution in [0.3, 0.4) is 0 Å². The lowest BCUT2D eigenvalue weighted by Gasteiger charge is -2.13. The average molecular weight is 474 g/mol. The summed E-state index contributed by atoms with van der Waals surface area (Å²) in [7, 11) is 0. The van der Waals surface area contributed by atoms with Gasteiger partial charge in [0, 0.05) is 16.3 Å². The van der Waals surface area contributed by atoms with Gasteiger partial charge in [-0.05, 0) is 36.4 Å². The zero-order chi connectivity index (χ0) is 23.6. The van der Waals surface area contributed by atoms with Crippen LogP contribution in [-0.4, -0.2) is 12.5 Å². The van der Waals surface area contributed by atoms with Gasteiger partial charge in [-0.2, -0.15) is 13.2 Å². The molecule has 168 valence electrons. The number of carbonyl (C=O) groups is 1. The van der Waals surface area contributed by atoms with Crippen molar-refractivity contribution in [2.24, 2.45) is 0 Å². The highest BCUT2D eigenvalue weighted by Crippen LogP contribution is 2.32. The Kier molecular flexibility index (Phi) is 6.11. The van der Waals surface area contributed by atoms with Gasteiger partial charge in [-0.15, -0.1) is 0 Å². The molecule has 3 aromatic carbocycles. The fourth-order valence-corrected chi connectivity index (χ4v) is 3.34. The molecule has 0 bridgehead atoms. The zero-order valence-corrected chi connectivity index (χ0v) is 17.5. The Morgan fingerprint density at radius 3 is 2.48 bits per heavy atom. The molecule has 0 saturated heterocycles. The van der Waals surface area contributed by atoms with E-state index in [4.69, 9.17) is 20.8 Å². The molecule has 0 aliphatic heterocycles. The molecule has 4 rings (SSSR count). The third-order valence-corrected chi connectivity index (χ3v) is 4.90. The molecule has 1 aromatic heterocycles. The second-order valence-electron chi connectivity index (χ2n) is 7.01. The molecule has 1 amide bonds. The molecule has 1 heterocycles. The number of alkyl halides is 3. The van der Waals surface area contributed by atoms with Gasteiger partial charge < -0.3 is 14.5 Å². The molecule has 4 aromatic rings. The lowest BCUT2D eigenvalue weighted by Crippen LogP contribution is -2.23. The van der Waals surface area contributed by atoms with Crippen LogP contribution in [0.25, 0.3) is 22.3 Å². The summed E-state index contributed by atoms with van der Waals surface area (Å²) in [5.74, 6) is -0.851. The van der Waals surface area contributed by atoms with Gasteiger partial charge in [0.25, 0.3) is 5.91 Å². The number of anilines is 1. The van der Waals surface area contributed by atoms with Gasteiger partial charge in [-0.25, -0.2) is 0 Å². The van der Waals surface area contributed by atoms with E-state index in [0.717, 1.165) is 12.1 Å². The van der Waals surface area contributed by atoms with Crippen molar-refractivity contribution in [1.29, 1.82) is 0 Å². The molecule has 0 aliphatic rings. The third-order valence-electron chi connectivity index (χ3n) is 4.67. The van der Waals surface area contributed by atoms with Gasteiger partial charge in [0.15, 0.2) is 12.4 Å². The molecule has 1 N–H and O–H groups in total. The van der Waals surface area contributed by atoms with Crippen molar-refractivity contribution in [2.45, 2.75) is 6.18 Å². The standard InChI is InChI=1S/C24H15ClF3NO4/c25-16-9-10-19-18(12-16)21(31)23(22(33-19)14-5-2-1-3-6-14)32-13-20(30)29-17-8-4-7-15(11-17)24(26,27)28/h1-12H,13H2,(H,29,30). The topological polar surface area (TPSA) is 68.5 Å². The Hall–Kier alpha value is -3.78. The van der Waals surface area contributed by atoms with E-state index < -0.39 is 29.7 Å². The molecular formula is C24H15ClF3NO4. The predicted molar refractivity (Wildman–Crippen MR) is 118 cm³/mol. The van der Waals surface area contributed by atoms with Crippen LogP contribution in [0.15, 0.2) is 82.0 Å². The normalized spacial score (nSPS) is 11.4. The summed E-state index contributed by atoms with van der Waals surface area (Å²) in [6.07, 6.45) is -4.55. The first-order chi connectivity index (χ1) is 15.7. The maximum Gasteiger partial charge on any atom is 0.416 e. The molecule has 5 nitrogen and oxygen atoms in total. The Balaban J connectivity index is 1.63. The van der Waals surface area contributed by atoms with Crippen LogP contribution in [0.5, 0.6) is 5.75 Å². The number of carbonyl (C=O) groups excluding carboxylic acids is 1. The summed E-state index contributed by atoms with van der Waals surface area (Å²) >= 11 is 6.00. The van der Waals surface area contributed by atoms with Gasteiger partial charge in [-0.3, -0.25) is 9.59 Å². The zero-order valence-electron chi connectivity index (χ0n) is 16.8. The number of rotatable bonds is 5. The molecule has 0 unspecified atom stereocenters. The van der Waals surface area contributed by atoms with Crippen molar-refractivity contribution in [3.63, 3.8) is 0 Å². The quantitative estimate of drug-likeness (QED) is 0.377. The summed E-state index contributed by atoms with van der Waals surface area (Å²) < 4.78 is 50.1. The van der Waals surface area contributed by atoms with Crippen molar-refractivity contribution in [3.8, 4) is 17.1 Å². The third kappa shape index (κ3) is 5.01. The van der Waals surface area contributed by atoms with E-state index in [0.29, 0.717) is 10.6 Å². The molecule has 0 saturated carbocycles. The maximum atomic E-state index is 13.1. The number of hydrogen-bond donors (Lipinski definition) is 1. The van der Waals surface area contributed by atoms with Gasteiger partial charge >= 0.3 is 6.18 Å². The minimum absolute atomic E-state index is 0.0564. The number of benzene rings is 3. The van der Waals surface area contributed by atoms with Crippen LogP contribution < -0.4 is 15.5 Å². The molecule has 0 aliphatic carbocycles. The van der Waals surface area contributed by atoms with E-state index in [1.54, 1.807) is 42.5 Å². The van der Waals surface area contributed by atoms with Gasteiger partial charge in [0.05, 0.1) is 10.9 Å². The summed E-state index contributed by atoms with van der Waals surface area (Å²) in [6, 6.07) is 17.4. The highest BCUT2D eigenvalue weighted by Gasteiger charge is 2.30. The number of fused-ring (bicyclic) bond motifs is 1. The molecule has 0 fully saturated rings. The fraction of sp³-hybridized carbons (Fsp3) is 0.0833. The monoisotopic (exact) mass is 473 g/mol. The predicted octanol–water partition coefficient (Wildman–Crippen LogP) is 6.15. The van der Waals surface area contributed by atoms with E-state index in [-0.39, 0.29) is 28.2 Å². The Morgan fingerprint density at radius 2 is 1.76 bits per heavy atom. The Morgan fingerprint density at radius 1 is 1.00 bits per heavy atom. The van der Waals surface area contributed by atoms with Gasteiger partial charge in [0.2, 0.25) is 11.2 Å². The number of halogens is 4. The second kappa shape index (κ2) is 8.99. The minimum atomic E-state index is -4.55. The average Bonchev–Trinajstić information content (AvgIpc) is 2.79. The van der Waals surface area contributed by atoms with E-state index >= 15 is 0 Å². The highest BCUT2D eigenvalue weighted by atomic mass is 35.5. The van der Waals surface area contributed by atoms with Crippen molar-refractivity contribution in [3.05, 3.63) is 93.6 Å². The van der Waals surface area contributed by atoms with Crippen molar-refractivity contribution in [1.82, 2.24) is 0 Å². The van der Waals surface area contributed by atoms with Crippen LogP contribution in [0.2, 0.25) is 5.02 Å². The molecule has 0 spiro atoms. The van der Waals surface area contributed by atoms with Crippen LogP contribution in [0.4, 0.5) is 18.9 Å². The van der Waals surface area contributed by atoms with Crippen LogP contribution in [0.1, 0.15) is 5.56 Å². The van der Waals surface area contributed by atoms with Crippen LogP contribution in [0, 0.1) is 0 Å². The molecule has 9 heteroatoms. The number of ether oxygens (including phenoxy) is 1. The van der Waals surface area contributed by atoms with Crippen molar-refractivity contribution >= 4 is 34.2 Å². The Bertz CT molecular complexity index is 1380. The summed E-state index contributed by atoms with van der Waals surface area (Å²) in [4.78, 5) is 25.5. The van der Waals surface area contributed by atoms with E-state index in [1.165, 1.54) is 18.2 Å². The lowest BCUT2D eigenvalue weighted by molar-refractivity contribution is -0.137. The summed E-state index contributed by atoms with van der Waals surface area (Å²) in [6.45, 7) is -0.632. The smallest absolute Gasteiger partial charge is 0.416 e. The lowest BCUT2D eigenvalue weighted by atomic mass is 10.1. The second-order valence-corrected chi connectivity index (χ2v) is 7.45. The largest absolute Gasteiger partial charge is 0.476 e. The van der Waals surface area contributed by atoms with E-state index in [1.807, 2.05) is 0 Å². The van der Waals surface area contributed by atoms with Gasteiger partial charge in [-0.1, -0.05) is 48.0 Å². The molecule has 0 atom stereocenters.